The summed E-state index contributed by atoms with van der Waals surface area (Å²) in [5.41, 5.74) is 0. The number of thioether (sulfide) groups is 1. The van der Waals surface area contributed by atoms with Crippen LogP contribution in [0.4, 0.5) is 0 Å². The molecule has 1 fully saturated rings. The first-order valence-electron chi connectivity index (χ1n) is 4.64. The van der Waals surface area contributed by atoms with Crippen molar-refractivity contribution in [3.63, 3.8) is 0 Å². The molecule has 0 saturated heterocycles. The normalized spacial score (nSPS) is 40.5. The number of rotatable bonds is 2. The molecule has 66 valence electrons. The Kier molecular flexibility index (Phi) is 2.26. The molecule has 3 atom stereocenters. The molecule has 0 spiro atoms. The van der Waals surface area contributed by atoms with Crippen molar-refractivity contribution in [3.05, 3.63) is 12.2 Å². The first-order valence-corrected chi connectivity index (χ1v) is 5.63. The van der Waals surface area contributed by atoms with E-state index in [1.54, 1.807) is 0 Å². The quantitative estimate of drug-likeness (QED) is 0.597. The van der Waals surface area contributed by atoms with Crippen LogP contribution in [0.15, 0.2) is 17.1 Å². The Hall–Kier alpha value is -0.240. The van der Waals surface area contributed by atoms with E-state index in [1.165, 1.54) is 17.2 Å². The monoisotopic (exact) mass is 181 g/mol. The van der Waals surface area contributed by atoms with Crippen molar-refractivity contribution in [2.24, 2.45) is 16.8 Å². The predicted octanol–water partition coefficient (Wildman–Crippen LogP) is 2.73. The fourth-order valence-electron chi connectivity index (χ4n) is 1.60. The van der Waals surface area contributed by atoms with Gasteiger partial charge < -0.3 is 0 Å². The van der Waals surface area contributed by atoms with Crippen LogP contribution in [-0.2, 0) is 0 Å². The van der Waals surface area contributed by atoms with E-state index >= 15 is 0 Å². The summed E-state index contributed by atoms with van der Waals surface area (Å²) in [7, 11) is 0. The van der Waals surface area contributed by atoms with Gasteiger partial charge in [-0.3, -0.25) is 4.99 Å². The van der Waals surface area contributed by atoms with E-state index in [0.29, 0.717) is 6.04 Å². The lowest BCUT2D eigenvalue weighted by atomic mass is 10.3. The molecule has 0 aromatic rings. The van der Waals surface area contributed by atoms with Gasteiger partial charge in [0, 0.05) is 11.7 Å². The van der Waals surface area contributed by atoms with Gasteiger partial charge in [0.1, 0.15) is 0 Å². The molecule has 2 rings (SSSR count). The van der Waals surface area contributed by atoms with Crippen LogP contribution in [0.2, 0.25) is 0 Å². The topological polar surface area (TPSA) is 12.4 Å². The van der Waals surface area contributed by atoms with E-state index in [-0.39, 0.29) is 0 Å². The Morgan fingerprint density at radius 2 is 2.33 bits per heavy atom. The highest BCUT2D eigenvalue weighted by atomic mass is 32.2. The highest BCUT2D eigenvalue weighted by Gasteiger charge is 2.39. The molecule has 0 radical (unpaired) electrons. The van der Waals surface area contributed by atoms with Crippen LogP contribution in [-0.4, -0.2) is 16.8 Å². The van der Waals surface area contributed by atoms with Crippen molar-refractivity contribution >= 4 is 16.8 Å². The fraction of sp³-hybridized carbons (Fsp3) is 0.700. The average Bonchev–Trinajstić information content (AvgIpc) is 2.62. The summed E-state index contributed by atoms with van der Waals surface area (Å²) in [5.74, 6) is 2.90. The molecule has 1 saturated carbocycles. The molecular weight excluding hydrogens is 166 g/mol. The zero-order valence-corrected chi connectivity index (χ0v) is 8.47. The van der Waals surface area contributed by atoms with Crippen LogP contribution in [0, 0.1) is 11.8 Å². The maximum Gasteiger partial charge on any atom is 0.0783 e. The first kappa shape index (κ1) is 8.36. The SMILES string of the molecule is C/C=C\[C@H]1CSC([C@H]2C[C@H]2C)=N1. The lowest BCUT2D eigenvalue weighted by molar-refractivity contribution is 0.910. The molecule has 0 aromatic carbocycles. The van der Waals surface area contributed by atoms with Gasteiger partial charge in [-0.2, -0.15) is 0 Å². The zero-order valence-electron chi connectivity index (χ0n) is 7.66. The van der Waals surface area contributed by atoms with Gasteiger partial charge in [-0.15, -0.1) is 11.8 Å². The van der Waals surface area contributed by atoms with Gasteiger partial charge in [-0.25, -0.2) is 0 Å². The van der Waals surface area contributed by atoms with Crippen LogP contribution in [0.25, 0.3) is 0 Å². The maximum absolute atomic E-state index is 4.68. The Bertz CT molecular complexity index is 232. The summed E-state index contributed by atoms with van der Waals surface area (Å²) in [4.78, 5) is 4.68. The minimum Gasteiger partial charge on any atom is -0.274 e. The van der Waals surface area contributed by atoms with Gasteiger partial charge in [0.2, 0.25) is 0 Å². The Balaban J connectivity index is 1.96. The third kappa shape index (κ3) is 1.58. The van der Waals surface area contributed by atoms with Crippen LogP contribution in [0.5, 0.6) is 0 Å². The summed E-state index contributed by atoms with van der Waals surface area (Å²) in [5, 5.41) is 1.42. The van der Waals surface area contributed by atoms with Crippen LogP contribution >= 0.6 is 11.8 Å². The third-order valence-corrected chi connectivity index (χ3v) is 3.75. The van der Waals surface area contributed by atoms with Crippen LogP contribution in [0.1, 0.15) is 20.3 Å². The molecule has 0 N–H and O–H groups in total. The number of hydrogen-bond acceptors (Lipinski definition) is 2. The number of hydrogen-bond donors (Lipinski definition) is 0. The van der Waals surface area contributed by atoms with Gasteiger partial charge in [-0.05, 0) is 19.3 Å². The van der Waals surface area contributed by atoms with E-state index in [0.717, 1.165) is 11.8 Å². The smallest absolute Gasteiger partial charge is 0.0783 e. The van der Waals surface area contributed by atoms with E-state index < -0.39 is 0 Å². The van der Waals surface area contributed by atoms with Gasteiger partial charge in [0.25, 0.3) is 0 Å². The predicted molar refractivity (Wildman–Crippen MR) is 55.8 cm³/mol. The molecular formula is C10H15NS. The lowest BCUT2D eigenvalue weighted by Crippen LogP contribution is -1.96. The second-order valence-corrected chi connectivity index (χ2v) is 4.73. The van der Waals surface area contributed by atoms with Gasteiger partial charge in [0.05, 0.1) is 11.1 Å². The van der Waals surface area contributed by atoms with Crippen molar-refractivity contribution in [3.8, 4) is 0 Å². The Morgan fingerprint density at radius 1 is 1.58 bits per heavy atom. The Labute approximate surface area is 78.3 Å². The summed E-state index contributed by atoms with van der Waals surface area (Å²) < 4.78 is 0. The standard InChI is InChI=1S/C10H15NS/c1-3-4-8-6-12-10(11-8)9-5-7(9)2/h3-4,7-9H,5-6H2,1-2H3/b4-3-/t7-,8+,9+/m1/s1. The first-order chi connectivity index (χ1) is 5.81. The van der Waals surface area contributed by atoms with E-state index in [1.807, 2.05) is 11.8 Å². The highest BCUT2D eigenvalue weighted by molar-refractivity contribution is 8.14. The van der Waals surface area contributed by atoms with E-state index in [9.17, 15) is 0 Å². The second-order valence-electron chi connectivity index (χ2n) is 3.69. The van der Waals surface area contributed by atoms with Gasteiger partial charge in [-0.1, -0.05) is 19.1 Å². The summed E-state index contributed by atoms with van der Waals surface area (Å²) in [6, 6.07) is 0.475. The largest absolute Gasteiger partial charge is 0.274 e. The Morgan fingerprint density at radius 3 is 2.92 bits per heavy atom. The molecule has 0 unspecified atom stereocenters. The number of allylic oxidation sites excluding steroid dienone is 1. The van der Waals surface area contributed by atoms with Crippen molar-refractivity contribution in [1.29, 1.82) is 0 Å². The second kappa shape index (κ2) is 3.25. The molecule has 1 heterocycles. The molecule has 2 aliphatic rings. The molecule has 0 bridgehead atoms. The molecule has 1 aliphatic heterocycles. The van der Waals surface area contributed by atoms with Gasteiger partial charge in [0.15, 0.2) is 0 Å². The van der Waals surface area contributed by atoms with Crippen molar-refractivity contribution in [2.75, 3.05) is 5.75 Å². The summed E-state index contributed by atoms with van der Waals surface area (Å²) in [6.07, 6.45) is 5.68. The summed E-state index contributed by atoms with van der Waals surface area (Å²) in [6.45, 7) is 4.38. The van der Waals surface area contributed by atoms with E-state index in [2.05, 4.69) is 31.0 Å². The van der Waals surface area contributed by atoms with Crippen LogP contribution in [0.3, 0.4) is 0 Å². The third-order valence-electron chi connectivity index (χ3n) is 2.54. The number of nitrogens with zero attached hydrogens (tertiary/aromatic N) is 1. The lowest BCUT2D eigenvalue weighted by Gasteiger charge is -1.93. The molecule has 1 aliphatic carbocycles. The molecule has 0 aromatic heterocycles. The highest BCUT2D eigenvalue weighted by Crippen LogP contribution is 2.44. The van der Waals surface area contributed by atoms with Crippen molar-refractivity contribution in [1.82, 2.24) is 0 Å². The molecule has 2 heteroatoms. The number of aliphatic imine (C=N–C) groups is 1. The molecule has 12 heavy (non-hydrogen) atoms. The van der Waals surface area contributed by atoms with Crippen LogP contribution < -0.4 is 0 Å². The minimum atomic E-state index is 0.475. The van der Waals surface area contributed by atoms with Crippen molar-refractivity contribution in [2.45, 2.75) is 26.3 Å². The fourth-order valence-corrected chi connectivity index (χ4v) is 2.88. The minimum absolute atomic E-state index is 0.475. The average molecular weight is 181 g/mol. The summed E-state index contributed by atoms with van der Waals surface area (Å²) >= 11 is 1.96. The van der Waals surface area contributed by atoms with Crippen molar-refractivity contribution < 1.29 is 0 Å². The maximum atomic E-state index is 4.68. The van der Waals surface area contributed by atoms with E-state index in [4.69, 9.17) is 0 Å². The van der Waals surface area contributed by atoms with Gasteiger partial charge >= 0.3 is 0 Å². The molecule has 0 amide bonds. The molecule has 1 nitrogen and oxygen atoms in total. The zero-order chi connectivity index (χ0) is 8.55.